The first-order chi connectivity index (χ1) is 9.97. The molecule has 0 spiro atoms. The summed E-state index contributed by atoms with van der Waals surface area (Å²) < 4.78 is 0.692. The molecular formula is C15H16ClNO3S. The summed E-state index contributed by atoms with van der Waals surface area (Å²) in [7, 11) is 1.73. The highest BCUT2D eigenvalue weighted by atomic mass is 35.5. The Morgan fingerprint density at radius 2 is 2.00 bits per heavy atom. The molecule has 0 radical (unpaired) electrons. The van der Waals surface area contributed by atoms with Crippen LogP contribution in [0, 0.1) is 23.7 Å². The predicted molar refractivity (Wildman–Crippen MR) is 81.2 cm³/mol. The fraction of sp³-hybridized carbons (Fsp3) is 0.467. The second-order valence-corrected chi connectivity index (χ2v) is 7.54. The first kappa shape index (κ1) is 14.6. The van der Waals surface area contributed by atoms with Crippen molar-refractivity contribution in [2.24, 2.45) is 23.7 Å². The van der Waals surface area contributed by atoms with Crippen LogP contribution in [0.3, 0.4) is 0 Å². The fourth-order valence-corrected chi connectivity index (χ4v) is 4.64. The van der Waals surface area contributed by atoms with Crippen LogP contribution in [-0.2, 0) is 16.1 Å². The molecule has 3 rings (SSSR count). The van der Waals surface area contributed by atoms with Crippen LogP contribution in [0.15, 0.2) is 24.3 Å². The molecule has 1 aromatic heterocycles. The van der Waals surface area contributed by atoms with Gasteiger partial charge in [0, 0.05) is 11.9 Å². The molecule has 1 heterocycles. The Balaban J connectivity index is 1.74. The van der Waals surface area contributed by atoms with Gasteiger partial charge in [-0.15, -0.1) is 11.3 Å². The molecule has 1 fully saturated rings. The summed E-state index contributed by atoms with van der Waals surface area (Å²) in [4.78, 5) is 26.8. The number of thiophene rings is 1. The van der Waals surface area contributed by atoms with Crippen molar-refractivity contribution in [3.05, 3.63) is 33.5 Å². The van der Waals surface area contributed by atoms with Crippen molar-refractivity contribution in [3.63, 3.8) is 0 Å². The van der Waals surface area contributed by atoms with Gasteiger partial charge in [-0.05, 0) is 30.4 Å². The van der Waals surface area contributed by atoms with Gasteiger partial charge in [-0.2, -0.15) is 0 Å². The van der Waals surface area contributed by atoms with Crippen LogP contribution >= 0.6 is 22.9 Å². The van der Waals surface area contributed by atoms with Gasteiger partial charge < -0.3 is 10.0 Å². The highest BCUT2D eigenvalue weighted by Gasteiger charge is 2.52. The highest BCUT2D eigenvalue weighted by Crippen LogP contribution is 2.48. The number of hydrogen-bond acceptors (Lipinski definition) is 3. The molecule has 2 aliphatic rings. The lowest BCUT2D eigenvalue weighted by Gasteiger charge is -2.28. The molecule has 6 heteroatoms. The molecular weight excluding hydrogens is 310 g/mol. The number of rotatable bonds is 4. The topological polar surface area (TPSA) is 57.6 Å². The number of carbonyl (C=O) groups excluding carboxylic acids is 1. The number of halogens is 1. The van der Waals surface area contributed by atoms with Gasteiger partial charge in [0.15, 0.2) is 0 Å². The molecule has 1 amide bonds. The summed E-state index contributed by atoms with van der Waals surface area (Å²) >= 11 is 7.33. The number of carbonyl (C=O) groups is 2. The van der Waals surface area contributed by atoms with E-state index in [-0.39, 0.29) is 17.7 Å². The predicted octanol–water partition coefficient (Wildman–Crippen LogP) is 2.88. The van der Waals surface area contributed by atoms with Gasteiger partial charge >= 0.3 is 5.97 Å². The zero-order valence-electron chi connectivity index (χ0n) is 11.5. The average Bonchev–Trinajstić information content (AvgIpc) is 3.12. The van der Waals surface area contributed by atoms with Gasteiger partial charge in [-0.1, -0.05) is 23.8 Å². The van der Waals surface area contributed by atoms with E-state index >= 15 is 0 Å². The maximum absolute atomic E-state index is 12.7. The monoisotopic (exact) mass is 325 g/mol. The van der Waals surface area contributed by atoms with Crippen LogP contribution in [0.25, 0.3) is 0 Å². The maximum atomic E-state index is 12.7. The molecule has 1 saturated carbocycles. The third kappa shape index (κ3) is 2.60. The van der Waals surface area contributed by atoms with Crippen LogP contribution in [-0.4, -0.2) is 28.9 Å². The zero-order valence-corrected chi connectivity index (χ0v) is 13.1. The molecule has 0 aromatic carbocycles. The molecule has 4 nitrogen and oxygen atoms in total. The molecule has 1 aromatic rings. The fourth-order valence-electron chi connectivity index (χ4n) is 3.50. The van der Waals surface area contributed by atoms with Crippen molar-refractivity contribution in [3.8, 4) is 0 Å². The molecule has 0 aliphatic heterocycles. The number of hydrogen-bond donors (Lipinski definition) is 1. The SMILES string of the molecule is CN(Cc1ccc(Cl)s1)C(=O)[C@H]1C2C=CC(C2)[C@H]1C(=O)O. The van der Waals surface area contributed by atoms with E-state index in [4.69, 9.17) is 11.6 Å². The quantitative estimate of drug-likeness (QED) is 0.866. The number of nitrogens with zero attached hydrogens (tertiary/aromatic N) is 1. The molecule has 112 valence electrons. The van der Waals surface area contributed by atoms with E-state index in [1.807, 2.05) is 18.2 Å². The molecule has 2 unspecified atom stereocenters. The number of carboxylic acid groups (broad SMARTS) is 1. The molecule has 4 atom stereocenters. The van der Waals surface area contributed by atoms with Crippen molar-refractivity contribution in [2.75, 3.05) is 7.05 Å². The van der Waals surface area contributed by atoms with E-state index in [2.05, 4.69) is 0 Å². The van der Waals surface area contributed by atoms with Gasteiger partial charge in [0.25, 0.3) is 0 Å². The summed E-state index contributed by atoms with van der Waals surface area (Å²) in [6.07, 6.45) is 4.74. The van der Waals surface area contributed by atoms with Gasteiger partial charge in [0.1, 0.15) is 0 Å². The van der Waals surface area contributed by atoms with Crippen LogP contribution in [0.2, 0.25) is 4.34 Å². The van der Waals surface area contributed by atoms with Crippen molar-refractivity contribution >= 4 is 34.8 Å². The van der Waals surface area contributed by atoms with E-state index in [1.54, 1.807) is 18.0 Å². The van der Waals surface area contributed by atoms with Gasteiger partial charge in [0.05, 0.1) is 22.7 Å². The minimum atomic E-state index is -0.863. The lowest BCUT2D eigenvalue weighted by atomic mass is 9.82. The Labute approximate surface area is 132 Å². The molecule has 1 N–H and O–H groups in total. The Bertz CT molecular complexity index is 612. The van der Waals surface area contributed by atoms with Gasteiger partial charge in [-0.25, -0.2) is 0 Å². The summed E-state index contributed by atoms with van der Waals surface area (Å²) in [6, 6.07) is 3.70. The summed E-state index contributed by atoms with van der Waals surface area (Å²) in [5.41, 5.74) is 0. The van der Waals surface area contributed by atoms with Crippen molar-refractivity contribution < 1.29 is 14.7 Å². The second-order valence-electron chi connectivity index (χ2n) is 5.74. The smallest absolute Gasteiger partial charge is 0.307 e. The van der Waals surface area contributed by atoms with E-state index in [9.17, 15) is 14.7 Å². The average molecular weight is 326 g/mol. The molecule has 21 heavy (non-hydrogen) atoms. The minimum Gasteiger partial charge on any atom is -0.481 e. The standard InChI is InChI=1S/C15H16ClNO3S/c1-17(7-10-4-5-11(16)21-10)14(18)12-8-2-3-9(6-8)13(12)15(19)20/h2-5,8-9,12-13H,6-7H2,1H3,(H,19,20)/t8?,9?,12-,13+/m0/s1. The third-order valence-corrected chi connectivity index (χ3v) is 5.64. The maximum Gasteiger partial charge on any atom is 0.307 e. The molecule has 0 saturated heterocycles. The summed E-state index contributed by atoms with van der Waals surface area (Å²) in [5, 5.41) is 9.41. The van der Waals surface area contributed by atoms with Gasteiger partial charge in [0.2, 0.25) is 5.91 Å². The van der Waals surface area contributed by atoms with Gasteiger partial charge in [-0.3, -0.25) is 9.59 Å². The van der Waals surface area contributed by atoms with Crippen LogP contribution < -0.4 is 0 Å². The molecule has 2 bridgehead atoms. The number of carboxylic acids is 1. The first-order valence-electron chi connectivity index (χ1n) is 6.87. The van der Waals surface area contributed by atoms with Crippen molar-refractivity contribution in [1.82, 2.24) is 4.90 Å². The lowest BCUT2D eigenvalue weighted by molar-refractivity contribution is -0.150. The third-order valence-electron chi connectivity index (χ3n) is 4.43. The largest absolute Gasteiger partial charge is 0.481 e. The van der Waals surface area contributed by atoms with Crippen molar-refractivity contribution in [2.45, 2.75) is 13.0 Å². The highest BCUT2D eigenvalue weighted by molar-refractivity contribution is 7.16. The zero-order chi connectivity index (χ0) is 15.1. The Hall–Kier alpha value is -1.33. The van der Waals surface area contributed by atoms with E-state index in [0.717, 1.165) is 11.3 Å². The normalized spacial score (nSPS) is 29.8. The Morgan fingerprint density at radius 3 is 2.57 bits per heavy atom. The minimum absolute atomic E-state index is 0.00559. The summed E-state index contributed by atoms with van der Waals surface area (Å²) in [5.74, 6) is -1.88. The number of amides is 1. The number of fused-ring (bicyclic) bond motifs is 2. The van der Waals surface area contributed by atoms with Crippen molar-refractivity contribution in [1.29, 1.82) is 0 Å². The van der Waals surface area contributed by atoms with E-state index < -0.39 is 17.8 Å². The van der Waals surface area contributed by atoms with Crippen LogP contribution in [0.4, 0.5) is 0 Å². The van der Waals surface area contributed by atoms with Crippen LogP contribution in [0.1, 0.15) is 11.3 Å². The number of allylic oxidation sites excluding steroid dienone is 2. The Kier molecular flexibility index (Phi) is 3.80. The summed E-state index contributed by atoms with van der Waals surface area (Å²) in [6.45, 7) is 0.472. The van der Waals surface area contributed by atoms with E-state index in [1.165, 1.54) is 11.3 Å². The Morgan fingerprint density at radius 1 is 1.33 bits per heavy atom. The molecule has 2 aliphatic carbocycles. The van der Waals surface area contributed by atoms with E-state index in [0.29, 0.717) is 10.9 Å². The van der Waals surface area contributed by atoms with Crippen LogP contribution in [0.5, 0.6) is 0 Å². The first-order valence-corrected chi connectivity index (χ1v) is 8.07. The number of aliphatic carboxylic acids is 1. The lowest BCUT2D eigenvalue weighted by Crippen LogP contribution is -2.40. The second kappa shape index (κ2) is 5.46.